The highest BCUT2D eigenvalue weighted by Crippen LogP contribution is 2.35. The lowest BCUT2D eigenvalue weighted by molar-refractivity contribution is -0.119. The summed E-state index contributed by atoms with van der Waals surface area (Å²) in [6.45, 7) is 0.754. The molecule has 0 saturated heterocycles. The van der Waals surface area contributed by atoms with Gasteiger partial charge in [0.2, 0.25) is 0 Å². The molecule has 0 amide bonds. The van der Waals surface area contributed by atoms with E-state index in [4.69, 9.17) is 9.47 Å². The summed E-state index contributed by atoms with van der Waals surface area (Å²) in [5.41, 5.74) is 1.15. The molecule has 0 bridgehead atoms. The summed E-state index contributed by atoms with van der Waals surface area (Å²) in [7, 11) is 4.26. The van der Waals surface area contributed by atoms with Crippen molar-refractivity contribution in [1.29, 1.82) is 0 Å². The first-order valence-corrected chi connectivity index (χ1v) is 5.29. The third-order valence-electron chi connectivity index (χ3n) is 2.52. The number of aryl methyl sites for hydroxylation is 1. The number of nitrogens with zero attached hydrogens (tertiary/aromatic N) is 1. The summed E-state index contributed by atoms with van der Waals surface area (Å²) in [4.78, 5) is 1.08. The van der Waals surface area contributed by atoms with Crippen molar-refractivity contribution in [2.24, 2.45) is 0 Å². The van der Waals surface area contributed by atoms with Gasteiger partial charge in [-0.25, -0.2) is 0 Å². The maximum atomic E-state index is 12.4. The van der Waals surface area contributed by atoms with Gasteiger partial charge in [-0.2, -0.15) is 13.2 Å². The van der Waals surface area contributed by atoms with Crippen molar-refractivity contribution in [3.63, 3.8) is 0 Å². The molecule has 1 aromatic rings. The third kappa shape index (κ3) is 3.45. The molecular formula is C12H16F3NO2. The van der Waals surface area contributed by atoms with Gasteiger partial charge in [-0.3, -0.25) is 0 Å². The van der Waals surface area contributed by atoms with E-state index in [1.165, 1.54) is 21.3 Å². The van der Waals surface area contributed by atoms with Crippen LogP contribution in [0.4, 0.5) is 18.9 Å². The zero-order valence-electron chi connectivity index (χ0n) is 10.8. The van der Waals surface area contributed by atoms with Crippen LogP contribution < -0.4 is 14.4 Å². The van der Waals surface area contributed by atoms with Crippen molar-refractivity contribution in [1.82, 2.24) is 0 Å². The van der Waals surface area contributed by atoms with Crippen molar-refractivity contribution < 1.29 is 22.6 Å². The molecule has 0 aliphatic heterocycles. The number of methoxy groups -OCH3 is 2. The minimum atomic E-state index is -4.27. The van der Waals surface area contributed by atoms with E-state index in [9.17, 15) is 13.2 Å². The summed E-state index contributed by atoms with van der Waals surface area (Å²) >= 11 is 0. The number of rotatable bonds is 4. The van der Waals surface area contributed by atoms with Gasteiger partial charge in [0, 0.05) is 13.1 Å². The number of anilines is 1. The lowest BCUT2D eigenvalue weighted by Gasteiger charge is -2.24. The van der Waals surface area contributed by atoms with E-state index in [2.05, 4.69) is 0 Å². The number of halogens is 3. The Hall–Kier alpha value is -1.59. The average Bonchev–Trinajstić information content (AvgIpc) is 2.26. The maximum Gasteiger partial charge on any atom is 0.405 e. The fourth-order valence-corrected chi connectivity index (χ4v) is 1.69. The Labute approximate surface area is 104 Å². The Morgan fingerprint density at radius 3 is 2.11 bits per heavy atom. The predicted octanol–water partition coefficient (Wildman–Crippen LogP) is 3.01. The van der Waals surface area contributed by atoms with Gasteiger partial charge < -0.3 is 14.4 Å². The van der Waals surface area contributed by atoms with Crippen LogP contribution in [0.1, 0.15) is 5.56 Å². The molecule has 3 nitrogen and oxygen atoms in total. The van der Waals surface area contributed by atoms with Crippen molar-refractivity contribution in [2.45, 2.75) is 13.1 Å². The molecule has 18 heavy (non-hydrogen) atoms. The molecule has 1 aromatic carbocycles. The van der Waals surface area contributed by atoms with Crippen LogP contribution in [0.15, 0.2) is 12.1 Å². The van der Waals surface area contributed by atoms with Crippen LogP contribution in [0.3, 0.4) is 0 Å². The number of alkyl halides is 3. The molecule has 0 fully saturated rings. The van der Waals surface area contributed by atoms with Crippen LogP contribution in [0.2, 0.25) is 0 Å². The van der Waals surface area contributed by atoms with Crippen LogP contribution in [0.25, 0.3) is 0 Å². The van der Waals surface area contributed by atoms with E-state index in [-0.39, 0.29) is 0 Å². The van der Waals surface area contributed by atoms with Crippen LogP contribution in [-0.4, -0.2) is 34.0 Å². The van der Waals surface area contributed by atoms with E-state index >= 15 is 0 Å². The predicted molar refractivity (Wildman–Crippen MR) is 63.6 cm³/mol. The van der Waals surface area contributed by atoms with E-state index in [0.717, 1.165) is 10.5 Å². The van der Waals surface area contributed by atoms with Gasteiger partial charge in [-0.05, 0) is 18.6 Å². The summed E-state index contributed by atoms with van der Waals surface area (Å²) in [5, 5.41) is 0. The third-order valence-corrected chi connectivity index (χ3v) is 2.52. The highest BCUT2D eigenvalue weighted by Gasteiger charge is 2.30. The Balaban J connectivity index is 3.13. The van der Waals surface area contributed by atoms with Gasteiger partial charge in [-0.1, -0.05) is 0 Å². The van der Waals surface area contributed by atoms with E-state index in [1.807, 2.05) is 0 Å². The quantitative estimate of drug-likeness (QED) is 0.833. The smallest absolute Gasteiger partial charge is 0.405 e. The zero-order valence-corrected chi connectivity index (χ0v) is 10.8. The van der Waals surface area contributed by atoms with Gasteiger partial charge in [-0.15, -0.1) is 0 Å². The monoisotopic (exact) mass is 263 g/mol. The van der Waals surface area contributed by atoms with Crippen LogP contribution in [0.5, 0.6) is 11.5 Å². The fraction of sp³-hybridized carbons (Fsp3) is 0.500. The molecule has 0 unspecified atom stereocenters. The number of benzene rings is 1. The highest BCUT2D eigenvalue weighted by molar-refractivity contribution is 5.63. The molecule has 0 N–H and O–H groups in total. The number of hydrogen-bond donors (Lipinski definition) is 0. The minimum Gasteiger partial charge on any atom is -0.496 e. The standard InChI is InChI=1S/C12H16F3NO2/c1-8-5-11(18-4)9(6-10(8)17-3)16(2)7-12(13,14)15/h5-6H,7H2,1-4H3. The topological polar surface area (TPSA) is 21.7 Å². The molecule has 0 aliphatic carbocycles. The summed E-state index contributed by atoms with van der Waals surface area (Å²) in [5.74, 6) is 0.917. The fourth-order valence-electron chi connectivity index (χ4n) is 1.69. The van der Waals surface area contributed by atoms with Gasteiger partial charge in [0.05, 0.1) is 19.9 Å². The first-order valence-electron chi connectivity index (χ1n) is 5.29. The highest BCUT2D eigenvalue weighted by atomic mass is 19.4. The van der Waals surface area contributed by atoms with Gasteiger partial charge in [0.25, 0.3) is 0 Å². The Morgan fingerprint density at radius 2 is 1.67 bits per heavy atom. The second kappa shape index (κ2) is 5.37. The van der Waals surface area contributed by atoms with Gasteiger partial charge >= 0.3 is 6.18 Å². The van der Waals surface area contributed by atoms with Gasteiger partial charge in [0.15, 0.2) is 0 Å². The Bertz CT molecular complexity index is 419. The van der Waals surface area contributed by atoms with E-state index in [0.29, 0.717) is 17.2 Å². The summed E-state index contributed by atoms with van der Waals surface area (Å²) in [6, 6.07) is 3.20. The van der Waals surface area contributed by atoms with Crippen molar-refractivity contribution in [3.05, 3.63) is 17.7 Å². The molecule has 0 heterocycles. The molecule has 1 rings (SSSR count). The average molecular weight is 263 g/mol. The molecular weight excluding hydrogens is 247 g/mol. The minimum absolute atomic E-state index is 0.345. The van der Waals surface area contributed by atoms with E-state index in [1.54, 1.807) is 19.1 Å². The Kier molecular flexibility index (Phi) is 4.32. The van der Waals surface area contributed by atoms with E-state index < -0.39 is 12.7 Å². The van der Waals surface area contributed by atoms with Crippen LogP contribution in [-0.2, 0) is 0 Å². The van der Waals surface area contributed by atoms with Crippen molar-refractivity contribution in [3.8, 4) is 11.5 Å². The van der Waals surface area contributed by atoms with Crippen LogP contribution in [0, 0.1) is 6.92 Å². The Morgan fingerprint density at radius 1 is 1.11 bits per heavy atom. The van der Waals surface area contributed by atoms with Crippen molar-refractivity contribution >= 4 is 5.69 Å². The molecule has 6 heteroatoms. The molecule has 0 aromatic heterocycles. The molecule has 0 saturated carbocycles. The van der Waals surface area contributed by atoms with Crippen LogP contribution >= 0.6 is 0 Å². The molecule has 0 aliphatic rings. The second-order valence-electron chi connectivity index (χ2n) is 3.96. The lowest BCUT2D eigenvalue weighted by atomic mass is 10.1. The molecule has 102 valence electrons. The maximum absolute atomic E-state index is 12.4. The zero-order chi connectivity index (χ0) is 13.9. The molecule has 0 radical (unpaired) electrons. The van der Waals surface area contributed by atoms with Gasteiger partial charge in [0.1, 0.15) is 18.0 Å². The normalized spacial score (nSPS) is 11.3. The summed E-state index contributed by atoms with van der Waals surface area (Å²) in [6.07, 6.45) is -4.27. The summed E-state index contributed by atoms with van der Waals surface area (Å²) < 4.78 is 47.3. The lowest BCUT2D eigenvalue weighted by Crippen LogP contribution is -2.31. The molecule has 0 spiro atoms. The number of hydrogen-bond acceptors (Lipinski definition) is 3. The number of ether oxygens (including phenoxy) is 2. The SMILES string of the molecule is COc1cc(N(C)CC(F)(F)F)c(OC)cc1C. The largest absolute Gasteiger partial charge is 0.496 e. The van der Waals surface area contributed by atoms with Crippen molar-refractivity contribution in [2.75, 3.05) is 32.7 Å². The second-order valence-corrected chi connectivity index (χ2v) is 3.96. The first kappa shape index (κ1) is 14.5. The molecule has 0 atom stereocenters. The first-order chi connectivity index (χ1) is 8.28.